The number of hydrogen-bond donors (Lipinski definition) is 1. The van der Waals surface area contributed by atoms with Gasteiger partial charge in [-0.25, -0.2) is 4.98 Å². The summed E-state index contributed by atoms with van der Waals surface area (Å²) in [6.07, 6.45) is 2.13. The number of para-hydroxylation sites is 1. The van der Waals surface area contributed by atoms with Crippen molar-refractivity contribution >= 4 is 34.0 Å². The highest BCUT2D eigenvalue weighted by Gasteiger charge is 2.23. The lowest BCUT2D eigenvalue weighted by Gasteiger charge is -2.29. The number of aromatic nitrogens is 1. The van der Waals surface area contributed by atoms with E-state index in [4.69, 9.17) is 9.47 Å². The Hall–Kier alpha value is -3.39. The number of anilines is 2. The number of methoxy groups -OCH3 is 2. The van der Waals surface area contributed by atoms with Gasteiger partial charge in [0.05, 0.1) is 26.3 Å². The molecular formula is C23H23N3O4S. The zero-order chi connectivity index (χ0) is 21.8. The van der Waals surface area contributed by atoms with Gasteiger partial charge in [-0.2, -0.15) is 0 Å². The van der Waals surface area contributed by atoms with Crippen molar-refractivity contribution in [2.45, 2.75) is 19.3 Å². The van der Waals surface area contributed by atoms with Gasteiger partial charge in [-0.3, -0.25) is 14.9 Å². The number of benzene rings is 2. The van der Waals surface area contributed by atoms with Gasteiger partial charge in [-0.05, 0) is 36.6 Å². The molecule has 4 rings (SSSR count). The van der Waals surface area contributed by atoms with Crippen LogP contribution >= 0.6 is 11.3 Å². The summed E-state index contributed by atoms with van der Waals surface area (Å²) in [6, 6.07) is 13.0. The molecule has 0 atom stereocenters. The van der Waals surface area contributed by atoms with E-state index in [0.29, 0.717) is 34.4 Å². The van der Waals surface area contributed by atoms with Gasteiger partial charge in [-0.1, -0.05) is 18.2 Å². The lowest BCUT2D eigenvalue weighted by molar-refractivity contribution is -0.118. The Labute approximate surface area is 184 Å². The SMILES string of the molecule is COc1cc(OC)cc(C(=O)Nc2nc(CC(=O)N3CCCc4ccccc43)cs2)c1. The van der Waals surface area contributed by atoms with Gasteiger partial charge >= 0.3 is 0 Å². The van der Waals surface area contributed by atoms with Gasteiger partial charge in [0.15, 0.2) is 5.13 Å². The van der Waals surface area contributed by atoms with Gasteiger partial charge in [0.1, 0.15) is 11.5 Å². The first-order valence-corrected chi connectivity index (χ1v) is 10.8. The highest BCUT2D eigenvalue weighted by molar-refractivity contribution is 7.14. The smallest absolute Gasteiger partial charge is 0.257 e. The predicted octanol–water partition coefficient (Wildman–Crippen LogP) is 3.93. The number of rotatable bonds is 6. The summed E-state index contributed by atoms with van der Waals surface area (Å²) in [4.78, 5) is 31.8. The summed E-state index contributed by atoms with van der Waals surface area (Å²) in [5.41, 5.74) is 3.21. The Bertz CT molecular complexity index is 1090. The van der Waals surface area contributed by atoms with Crippen molar-refractivity contribution < 1.29 is 19.1 Å². The minimum Gasteiger partial charge on any atom is -0.497 e. The fraction of sp³-hybridized carbons (Fsp3) is 0.261. The molecule has 1 aromatic heterocycles. The number of carbonyl (C=O) groups is 2. The van der Waals surface area contributed by atoms with Gasteiger partial charge in [0.25, 0.3) is 5.91 Å². The lowest BCUT2D eigenvalue weighted by Crippen LogP contribution is -2.36. The molecule has 31 heavy (non-hydrogen) atoms. The standard InChI is InChI=1S/C23H23N3O4S/c1-29-18-10-16(11-19(13-18)30-2)22(28)25-23-24-17(14-31-23)12-21(27)26-9-5-7-15-6-3-4-8-20(15)26/h3-4,6,8,10-11,13-14H,5,7,9,12H2,1-2H3,(H,24,25,28). The Morgan fingerprint density at radius 2 is 1.87 bits per heavy atom. The fourth-order valence-electron chi connectivity index (χ4n) is 3.60. The quantitative estimate of drug-likeness (QED) is 0.632. The number of carbonyl (C=O) groups excluding carboxylic acids is 2. The van der Waals surface area contributed by atoms with Crippen LogP contribution in [0.25, 0.3) is 0 Å². The normalized spacial score (nSPS) is 12.8. The highest BCUT2D eigenvalue weighted by Crippen LogP contribution is 2.28. The Morgan fingerprint density at radius 3 is 2.61 bits per heavy atom. The average molecular weight is 438 g/mol. The van der Waals surface area contributed by atoms with E-state index in [2.05, 4.69) is 16.4 Å². The molecule has 1 aliphatic rings. The summed E-state index contributed by atoms with van der Waals surface area (Å²) in [5.74, 6) is 0.732. The van der Waals surface area contributed by atoms with Crippen molar-refractivity contribution in [1.82, 2.24) is 4.98 Å². The molecule has 0 saturated heterocycles. The Morgan fingerprint density at radius 1 is 1.13 bits per heavy atom. The molecule has 2 aromatic carbocycles. The molecular weight excluding hydrogens is 414 g/mol. The summed E-state index contributed by atoms with van der Waals surface area (Å²) in [6.45, 7) is 0.710. The highest BCUT2D eigenvalue weighted by atomic mass is 32.1. The molecule has 7 nitrogen and oxygen atoms in total. The minimum absolute atomic E-state index is 0.00728. The van der Waals surface area contributed by atoms with E-state index in [1.54, 1.807) is 23.6 Å². The summed E-state index contributed by atoms with van der Waals surface area (Å²) in [5, 5.41) is 5.02. The Kier molecular flexibility index (Phi) is 6.18. The third kappa shape index (κ3) is 4.69. The number of aryl methyl sites for hydroxylation is 1. The van der Waals surface area contributed by atoms with Gasteiger partial charge in [0.2, 0.25) is 5.91 Å². The second-order valence-corrected chi connectivity index (χ2v) is 8.01. The molecule has 0 unspecified atom stereocenters. The molecule has 160 valence electrons. The summed E-state index contributed by atoms with van der Waals surface area (Å²) in [7, 11) is 3.06. The minimum atomic E-state index is -0.325. The van der Waals surface area contributed by atoms with Crippen LogP contribution in [0.3, 0.4) is 0 Å². The maximum Gasteiger partial charge on any atom is 0.257 e. The molecule has 0 radical (unpaired) electrons. The largest absolute Gasteiger partial charge is 0.497 e. The van der Waals surface area contributed by atoms with Crippen molar-refractivity contribution in [2.75, 3.05) is 31.0 Å². The number of nitrogens with one attached hydrogen (secondary N) is 1. The van der Waals surface area contributed by atoms with Crippen LogP contribution in [0.4, 0.5) is 10.8 Å². The van der Waals surface area contributed by atoms with E-state index in [-0.39, 0.29) is 18.2 Å². The van der Waals surface area contributed by atoms with Crippen molar-refractivity contribution in [3.05, 3.63) is 64.7 Å². The van der Waals surface area contributed by atoms with Crippen LogP contribution in [0.1, 0.15) is 28.0 Å². The number of fused-ring (bicyclic) bond motifs is 1. The van der Waals surface area contributed by atoms with Crippen molar-refractivity contribution in [3.63, 3.8) is 0 Å². The molecule has 0 saturated carbocycles. The van der Waals surface area contributed by atoms with E-state index in [9.17, 15) is 9.59 Å². The fourth-order valence-corrected chi connectivity index (χ4v) is 4.30. The second-order valence-electron chi connectivity index (χ2n) is 7.15. The van der Waals surface area contributed by atoms with E-state index in [0.717, 1.165) is 18.5 Å². The lowest BCUT2D eigenvalue weighted by atomic mass is 10.0. The number of hydrogen-bond acceptors (Lipinski definition) is 6. The van der Waals surface area contributed by atoms with Crippen LogP contribution in [0.2, 0.25) is 0 Å². The maximum atomic E-state index is 12.9. The zero-order valence-electron chi connectivity index (χ0n) is 17.4. The summed E-state index contributed by atoms with van der Waals surface area (Å²) >= 11 is 1.29. The van der Waals surface area contributed by atoms with E-state index in [1.165, 1.54) is 31.1 Å². The first-order chi connectivity index (χ1) is 15.1. The number of ether oxygens (including phenoxy) is 2. The van der Waals surface area contributed by atoms with Crippen LogP contribution in [0, 0.1) is 0 Å². The molecule has 2 amide bonds. The third-order valence-electron chi connectivity index (χ3n) is 5.13. The second kappa shape index (κ2) is 9.18. The molecule has 1 N–H and O–H groups in total. The molecule has 0 spiro atoms. The monoisotopic (exact) mass is 437 g/mol. The maximum absolute atomic E-state index is 12.9. The molecule has 0 fully saturated rings. The van der Waals surface area contributed by atoms with E-state index in [1.807, 2.05) is 23.1 Å². The van der Waals surface area contributed by atoms with Gasteiger partial charge in [-0.15, -0.1) is 11.3 Å². The van der Waals surface area contributed by atoms with Crippen LogP contribution in [0.15, 0.2) is 47.8 Å². The van der Waals surface area contributed by atoms with Gasteiger partial charge in [0, 0.05) is 29.2 Å². The van der Waals surface area contributed by atoms with E-state index >= 15 is 0 Å². The van der Waals surface area contributed by atoms with E-state index < -0.39 is 0 Å². The molecule has 0 aliphatic carbocycles. The topological polar surface area (TPSA) is 80.8 Å². The summed E-state index contributed by atoms with van der Waals surface area (Å²) < 4.78 is 10.4. The van der Waals surface area contributed by atoms with Crippen LogP contribution in [-0.4, -0.2) is 37.6 Å². The molecule has 8 heteroatoms. The zero-order valence-corrected chi connectivity index (χ0v) is 18.2. The third-order valence-corrected chi connectivity index (χ3v) is 5.94. The van der Waals surface area contributed by atoms with Crippen LogP contribution in [0.5, 0.6) is 11.5 Å². The molecule has 1 aliphatic heterocycles. The first kappa shape index (κ1) is 20.9. The van der Waals surface area contributed by atoms with Crippen molar-refractivity contribution in [2.24, 2.45) is 0 Å². The number of nitrogens with zero attached hydrogens (tertiary/aromatic N) is 2. The average Bonchev–Trinajstić information content (AvgIpc) is 3.24. The number of amides is 2. The van der Waals surface area contributed by atoms with Gasteiger partial charge < -0.3 is 14.4 Å². The first-order valence-electron chi connectivity index (χ1n) is 9.94. The Balaban J connectivity index is 1.43. The van der Waals surface area contributed by atoms with Crippen LogP contribution < -0.4 is 19.7 Å². The molecule has 0 bridgehead atoms. The van der Waals surface area contributed by atoms with Crippen molar-refractivity contribution in [3.8, 4) is 11.5 Å². The molecule has 2 heterocycles. The van der Waals surface area contributed by atoms with Crippen LogP contribution in [-0.2, 0) is 17.6 Å². The van der Waals surface area contributed by atoms with Crippen molar-refractivity contribution in [1.29, 1.82) is 0 Å². The number of thiazole rings is 1. The molecule has 3 aromatic rings. The predicted molar refractivity (Wildman–Crippen MR) is 120 cm³/mol.